The molecule has 0 spiro atoms. The minimum absolute atomic E-state index is 0.656. The molecule has 0 aliphatic carbocycles. The first-order valence-electron chi connectivity index (χ1n) is 5.18. The summed E-state index contributed by atoms with van der Waals surface area (Å²) in [7, 11) is 1.66. The molecular weight excluding hydrogens is 190 g/mol. The Morgan fingerprint density at radius 2 is 2.20 bits per heavy atom. The van der Waals surface area contributed by atoms with E-state index in [-0.39, 0.29) is 0 Å². The van der Waals surface area contributed by atoms with Crippen molar-refractivity contribution in [2.45, 2.75) is 13.3 Å². The second-order valence-corrected chi connectivity index (χ2v) is 3.42. The van der Waals surface area contributed by atoms with Crippen LogP contribution < -0.4 is 9.47 Å². The molecule has 1 heterocycles. The largest absolute Gasteiger partial charge is 0.493 e. The van der Waals surface area contributed by atoms with Gasteiger partial charge >= 0.3 is 0 Å². The summed E-state index contributed by atoms with van der Waals surface area (Å²) in [6, 6.07) is 4.05. The maximum atomic E-state index is 5.52. The molecule has 1 aliphatic heterocycles. The summed E-state index contributed by atoms with van der Waals surface area (Å²) in [5, 5.41) is 0. The van der Waals surface area contributed by atoms with E-state index in [1.807, 2.05) is 19.2 Å². The van der Waals surface area contributed by atoms with Gasteiger partial charge in [0.15, 0.2) is 11.5 Å². The summed E-state index contributed by atoms with van der Waals surface area (Å²) in [6.07, 6.45) is 2.88. The number of methoxy groups -OCH3 is 1. The van der Waals surface area contributed by atoms with Crippen LogP contribution in [0.25, 0.3) is 0 Å². The molecule has 1 aromatic carbocycles. The Labute approximate surface area is 89.7 Å². The second kappa shape index (κ2) is 4.34. The Hall–Kier alpha value is -1.51. The minimum atomic E-state index is 0.656. The molecule has 0 amide bonds. The Balaban J connectivity index is 2.43. The average molecular weight is 205 g/mol. The van der Waals surface area contributed by atoms with Crippen LogP contribution in [0.4, 0.5) is 0 Å². The van der Waals surface area contributed by atoms with Crippen LogP contribution in [0.1, 0.15) is 18.1 Å². The summed E-state index contributed by atoms with van der Waals surface area (Å²) >= 11 is 0. The summed E-state index contributed by atoms with van der Waals surface area (Å²) in [5.74, 6) is 1.61. The number of hydrogen-bond donors (Lipinski definition) is 0. The molecule has 0 radical (unpaired) electrons. The van der Waals surface area contributed by atoms with Crippen molar-refractivity contribution < 1.29 is 9.47 Å². The van der Waals surface area contributed by atoms with Gasteiger partial charge in [-0.2, -0.15) is 0 Å². The van der Waals surface area contributed by atoms with E-state index < -0.39 is 0 Å². The standard InChI is InChI=1S/C12H15NO2/c1-3-15-12-6-9-4-5-13-8-10(9)7-11(12)14-2/h6-8H,3-5H2,1-2H3. The first-order valence-corrected chi connectivity index (χ1v) is 5.18. The highest BCUT2D eigenvalue weighted by molar-refractivity contribution is 5.84. The molecule has 15 heavy (non-hydrogen) atoms. The number of hydrogen-bond acceptors (Lipinski definition) is 3. The Morgan fingerprint density at radius 3 is 2.93 bits per heavy atom. The van der Waals surface area contributed by atoms with Crippen LogP contribution in [-0.4, -0.2) is 26.5 Å². The lowest BCUT2D eigenvalue weighted by atomic mass is 10.0. The number of ether oxygens (including phenoxy) is 2. The fourth-order valence-electron chi connectivity index (χ4n) is 1.73. The number of fused-ring (bicyclic) bond motifs is 1. The number of rotatable bonds is 3. The van der Waals surface area contributed by atoms with Gasteiger partial charge in [-0.25, -0.2) is 0 Å². The lowest BCUT2D eigenvalue weighted by Gasteiger charge is -2.15. The zero-order chi connectivity index (χ0) is 10.7. The van der Waals surface area contributed by atoms with E-state index in [4.69, 9.17) is 9.47 Å². The van der Waals surface area contributed by atoms with Gasteiger partial charge in [-0.15, -0.1) is 0 Å². The SMILES string of the molecule is CCOc1cc2c(cc1OC)C=NCC2. The van der Waals surface area contributed by atoms with Crippen molar-refractivity contribution in [3.8, 4) is 11.5 Å². The highest BCUT2D eigenvalue weighted by atomic mass is 16.5. The van der Waals surface area contributed by atoms with Gasteiger partial charge in [0.1, 0.15) is 0 Å². The fraction of sp³-hybridized carbons (Fsp3) is 0.417. The van der Waals surface area contributed by atoms with Crippen molar-refractivity contribution in [3.63, 3.8) is 0 Å². The minimum Gasteiger partial charge on any atom is -0.493 e. The molecule has 1 aliphatic rings. The van der Waals surface area contributed by atoms with Crippen LogP contribution in [0.15, 0.2) is 17.1 Å². The van der Waals surface area contributed by atoms with Crippen molar-refractivity contribution >= 4 is 6.21 Å². The van der Waals surface area contributed by atoms with Gasteiger partial charge in [-0.1, -0.05) is 0 Å². The lowest BCUT2D eigenvalue weighted by molar-refractivity contribution is 0.310. The molecule has 1 aromatic rings. The Kier molecular flexibility index (Phi) is 2.90. The van der Waals surface area contributed by atoms with Crippen LogP contribution in [-0.2, 0) is 6.42 Å². The normalized spacial score (nSPS) is 13.5. The van der Waals surface area contributed by atoms with Gasteiger partial charge in [-0.05, 0) is 36.6 Å². The molecule has 80 valence electrons. The van der Waals surface area contributed by atoms with Crippen LogP contribution >= 0.6 is 0 Å². The number of nitrogens with zero attached hydrogens (tertiary/aromatic N) is 1. The maximum absolute atomic E-state index is 5.52. The van der Waals surface area contributed by atoms with Crippen LogP contribution in [0.5, 0.6) is 11.5 Å². The van der Waals surface area contributed by atoms with Crippen LogP contribution in [0.3, 0.4) is 0 Å². The molecule has 0 unspecified atom stereocenters. The predicted molar refractivity (Wildman–Crippen MR) is 60.3 cm³/mol. The number of aliphatic imine (C=N–C) groups is 1. The predicted octanol–water partition coefficient (Wildman–Crippen LogP) is 2.07. The van der Waals surface area contributed by atoms with Gasteiger partial charge in [0.05, 0.1) is 13.7 Å². The van der Waals surface area contributed by atoms with Crippen LogP contribution in [0, 0.1) is 0 Å². The van der Waals surface area contributed by atoms with Gasteiger partial charge in [-0.3, -0.25) is 4.99 Å². The van der Waals surface area contributed by atoms with E-state index in [0.29, 0.717) is 6.61 Å². The van der Waals surface area contributed by atoms with E-state index in [0.717, 1.165) is 30.0 Å². The average Bonchev–Trinajstić information content (AvgIpc) is 2.28. The Bertz CT molecular complexity index is 385. The van der Waals surface area contributed by atoms with E-state index >= 15 is 0 Å². The quantitative estimate of drug-likeness (QED) is 0.756. The van der Waals surface area contributed by atoms with Crippen molar-refractivity contribution in [2.75, 3.05) is 20.3 Å². The molecule has 0 saturated heterocycles. The van der Waals surface area contributed by atoms with Crippen LogP contribution in [0.2, 0.25) is 0 Å². The summed E-state index contributed by atoms with van der Waals surface area (Å²) < 4.78 is 10.8. The smallest absolute Gasteiger partial charge is 0.161 e. The topological polar surface area (TPSA) is 30.8 Å². The van der Waals surface area contributed by atoms with E-state index in [9.17, 15) is 0 Å². The maximum Gasteiger partial charge on any atom is 0.161 e. The third-order valence-corrected chi connectivity index (χ3v) is 2.47. The molecule has 0 aromatic heterocycles. The van der Waals surface area contributed by atoms with E-state index in [2.05, 4.69) is 11.1 Å². The molecule has 3 nitrogen and oxygen atoms in total. The van der Waals surface area contributed by atoms with E-state index in [1.54, 1.807) is 7.11 Å². The monoisotopic (exact) mass is 205 g/mol. The third kappa shape index (κ3) is 1.96. The van der Waals surface area contributed by atoms with Gasteiger partial charge in [0, 0.05) is 12.8 Å². The molecular formula is C12H15NO2. The third-order valence-electron chi connectivity index (χ3n) is 2.47. The molecule has 0 atom stereocenters. The first kappa shape index (κ1) is 10.0. The van der Waals surface area contributed by atoms with Crippen molar-refractivity contribution in [1.29, 1.82) is 0 Å². The first-order chi connectivity index (χ1) is 7.35. The molecule has 3 heteroatoms. The Morgan fingerprint density at radius 1 is 1.33 bits per heavy atom. The highest BCUT2D eigenvalue weighted by Crippen LogP contribution is 2.31. The van der Waals surface area contributed by atoms with Crippen molar-refractivity contribution in [1.82, 2.24) is 0 Å². The second-order valence-electron chi connectivity index (χ2n) is 3.42. The molecule has 0 saturated carbocycles. The van der Waals surface area contributed by atoms with Gasteiger partial charge < -0.3 is 9.47 Å². The zero-order valence-corrected chi connectivity index (χ0v) is 9.12. The van der Waals surface area contributed by atoms with Gasteiger partial charge in [0.25, 0.3) is 0 Å². The summed E-state index contributed by atoms with van der Waals surface area (Å²) in [6.45, 7) is 3.49. The molecule has 2 rings (SSSR count). The molecule has 0 bridgehead atoms. The lowest BCUT2D eigenvalue weighted by Crippen LogP contribution is -2.05. The molecule has 0 fully saturated rings. The highest BCUT2D eigenvalue weighted by Gasteiger charge is 2.12. The van der Waals surface area contributed by atoms with Crippen molar-refractivity contribution in [3.05, 3.63) is 23.3 Å². The summed E-state index contributed by atoms with van der Waals surface area (Å²) in [4.78, 5) is 4.25. The van der Waals surface area contributed by atoms with E-state index in [1.165, 1.54) is 5.56 Å². The fourth-order valence-corrected chi connectivity index (χ4v) is 1.73. The van der Waals surface area contributed by atoms with Gasteiger partial charge in [0.2, 0.25) is 0 Å². The molecule has 0 N–H and O–H groups in total. The summed E-state index contributed by atoms with van der Waals surface area (Å²) in [5.41, 5.74) is 2.43. The zero-order valence-electron chi connectivity index (χ0n) is 9.12. The van der Waals surface area contributed by atoms with Crippen molar-refractivity contribution in [2.24, 2.45) is 4.99 Å². The number of benzene rings is 1.